The van der Waals surface area contributed by atoms with Gasteiger partial charge in [0.25, 0.3) is 5.69 Å². The van der Waals surface area contributed by atoms with Gasteiger partial charge in [-0.25, -0.2) is 9.97 Å². The summed E-state index contributed by atoms with van der Waals surface area (Å²) in [6.07, 6.45) is 1.43. The fourth-order valence-corrected chi connectivity index (χ4v) is 3.33. The number of rotatable bonds is 6. The zero-order valence-electron chi connectivity index (χ0n) is 15.9. The Hall–Kier alpha value is -3.26. The number of aromatic nitrogens is 3. The lowest BCUT2D eigenvalue weighted by molar-refractivity contribution is -0.624. The Labute approximate surface area is 175 Å². The Bertz CT molecular complexity index is 1210. The molecule has 0 amide bonds. The van der Waals surface area contributed by atoms with Gasteiger partial charge in [-0.1, -0.05) is 23.7 Å². The van der Waals surface area contributed by atoms with Crippen LogP contribution in [0.25, 0.3) is 11.1 Å². The van der Waals surface area contributed by atoms with Crippen molar-refractivity contribution in [2.24, 2.45) is 0 Å². The number of pyridine rings is 2. The maximum Gasteiger partial charge on any atom is 0.347 e. The van der Waals surface area contributed by atoms with Crippen molar-refractivity contribution >= 4 is 28.5 Å². The monoisotopic (exact) mass is 430 g/mol. The maximum atomic E-state index is 14.6. The van der Waals surface area contributed by atoms with E-state index in [1.54, 1.807) is 25.1 Å². The second-order valence-electron chi connectivity index (χ2n) is 6.84. The van der Waals surface area contributed by atoms with E-state index in [-0.39, 0.29) is 10.5 Å². The minimum absolute atomic E-state index is 0.153. The molecule has 0 radical (unpaired) electrons. The summed E-state index contributed by atoms with van der Waals surface area (Å²) in [6, 6.07) is 12.9. The summed E-state index contributed by atoms with van der Waals surface area (Å²) in [5.74, 6) is -2.83. The van der Waals surface area contributed by atoms with Crippen molar-refractivity contribution in [3.05, 3.63) is 87.8 Å². The highest BCUT2D eigenvalue weighted by Crippen LogP contribution is 2.29. The number of alkyl halides is 2. The van der Waals surface area contributed by atoms with Gasteiger partial charge in [0.1, 0.15) is 0 Å². The standard InChI is InChI=1S/C21H17ClF2N4O2/c1-13-9-16-19(27-18(30-16)11-14-5-4-6-15(22)10-14)20(26-13)25-12-21(23,24)17-7-2-3-8-28(17)29/h2-10H,11-12H2,1H3,(H,25,26). The Morgan fingerprint density at radius 1 is 1.17 bits per heavy atom. The van der Waals surface area contributed by atoms with E-state index >= 15 is 0 Å². The van der Waals surface area contributed by atoms with E-state index in [9.17, 15) is 14.0 Å². The molecule has 9 heteroatoms. The summed E-state index contributed by atoms with van der Waals surface area (Å²) in [4.78, 5) is 8.71. The van der Waals surface area contributed by atoms with Crippen molar-refractivity contribution in [1.82, 2.24) is 9.97 Å². The molecule has 0 atom stereocenters. The normalized spacial score (nSPS) is 11.7. The molecule has 0 unspecified atom stereocenters. The highest BCUT2D eigenvalue weighted by atomic mass is 35.5. The molecule has 0 aliphatic heterocycles. The second kappa shape index (κ2) is 7.87. The Morgan fingerprint density at radius 2 is 2.00 bits per heavy atom. The molecule has 4 rings (SSSR count). The molecule has 154 valence electrons. The van der Waals surface area contributed by atoms with E-state index in [1.807, 2.05) is 12.1 Å². The van der Waals surface area contributed by atoms with E-state index in [0.29, 0.717) is 34.1 Å². The molecule has 1 aromatic carbocycles. The molecule has 3 aromatic heterocycles. The van der Waals surface area contributed by atoms with Crippen LogP contribution in [-0.4, -0.2) is 16.5 Å². The molecule has 0 saturated heterocycles. The number of nitrogens with one attached hydrogen (secondary N) is 1. The molecular weight excluding hydrogens is 414 g/mol. The van der Waals surface area contributed by atoms with Crippen LogP contribution in [-0.2, 0) is 12.3 Å². The fraction of sp³-hybridized carbons (Fsp3) is 0.190. The largest absolute Gasteiger partial charge is 0.618 e. The Kier molecular flexibility index (Phi) is 5.26. The van der Waals surface area contributed by atoms with Crippen LogP contribution in [0.15, 0.2) is 59.1 Å². The SMILES string of the molecule is Cc1cc2oc(Cc3cccc(Cl)c3)nc2c(NCC(F)(F)c2cccc[n+]2[O-])n1. The number of aryl methyl sites for hydroxylation is 1. The van der Waals surface area contributed by atoms with Crippen LogP contribution in [0, 0.1) is 12.1 Å². The van der Waals surface area contributed by atoms with Crippen molar-refractivity contribution in [1.29, 1.82) is 0 Å². The fourth-order valence-electron chi connectivity index (χ4n) is 3.11. The number of fused-ring (bicyclic) bond motifs is 1. The minimum Gasteiger partial charge on any atom is -0.618 e. The minimum atomic E-state index is -3.41. The lowest BCUT2D eigenvalue weighted by Gasteiger charge is -2.16. The van der Waals surface area contributed by atoms with Gasteiger partial charge in [0.15, 0.2) is 29.0 Å². The van der Waals surface area contributed by atoms with Crippen molar-refractivity contribution < 1.29 is 17.9 Å². The first-order valence-electron chi connectivity index (χ1n) is 9.14. The lowest BCUT2D eigenvalue weighted by Crippen LogP contribution is -2.40. The van der Waals surface area contributed by atoms with Gasteiger partial charge in [0.2, 0.25) is 0 Å². The van der Waals surface area contributed by atoms with E-state index < -0.39 is 18.2 Å². The molecular formula is C21H17ClF2N4O2. The summed E-state index contributed by atoms with van der Waals surface area (Å²) in [7, 11) is 0. The number of hydrogen-bond donors (Lipinski definition) is 1. The zero-order chi connectivity index (χ0) is 21.3. The molecule has 0 aliphatic carbocycles. The van der Waals surface area contributed by atoms with Crippen molar-refractivity contribution in [2.45, 2.75) is 19.3 Å². The van der Waals surface area contributed by atoms with Crippen molar-refractivity contribution in [3.8, 4) is 0 Å². The summed E-state index contributed by atoms with van der Waals surface area (Å²) in [5, 5.41) is 14.9. The van der Waals surface area contributed by atoms with Gasteiger partial charge in [0.05, 0.1) is 6.54 Å². The molecule has 4 aromatic rings. The summed E-state index contributed by atoms with van der Waals surface area (Å²) >= 11 is 6.02. The predicted molar refractivity (Wildman–Crippen MR) is 109 cm³/mol. The third kappa shape index (κ3) is 4.18. The molecule has 6 nitrogen and oxygen atoms in total. The molecule has 0 bridgehead atoms. The molecule has 0 saturated carbocycles. The third-order valence-electron chi connectivity index (χ3n) is 4.47. The second-order valence-corrected chi connectivity index (χ2v) is 7.28. The van der Waals surface area contributed by atoms with Gasteiger partial charge >= 0.3 is 5.92 Å². The van der Waals surface area contributed by atoms with Crippen LogP contribution in [0.2, 0.25) is 5.02 Å². The number of oxazole rings is 1. The van der Waals surface area contributed by atoms with Gasteiger partial charge in [-0.05, 0) is 30.7 Å². The average Bonchev–Trinajstić information content (AvgIpc) is 3.08. The third-order valence-corrected chi connectivity index (χ3v) is 4.71. The van der Waals surface area contributed by atoms with Crippen molar-refractivity contribution in [3.63, 3.8) is 0 Å². The summed E-state index contributed by atoms with van der Waals surface area (Å²) < 4.78 is 35.1. The Balaban J connectivity index is 1.61. The lowest BCUT2D eigenvalue weighted by atomic mass is 10.1. The number of halogens is 3. The molecule has 3 heterocycles. The van der Waals surface area contributed by atoms with E-state index in [4.69, 9.17) is 16.0 Å². The topological polar surface area (TPSA) is 77.9 Å². The first kappa shape index (κ1) is 20.0. The predicted octanol–water partition coefficient (Wildman–Crippen LogP) is 4.61. The first-order chi connectivity index (χ1) is 14.3. The Morgan fingerprint density at radius 3 is 2.77 bits per heavy atom. The number of anilines is 1. The van der Waals surface area contributed by atoms with Gasteiger partial charge in [0, 0.05) is 35.3 Å². The van der Waals surface area contributed by atoms with E-state index in [1.165, 1.54) is 12.1 Å². The van der Waals surface area contributed by atoms with E-state index in [0.717, 1.165) is 17.8 Å². The highest BCUT2D eigenvalue weighted by molar-refractivity contribution is 6.30. The van der Waals surface area contributed by atoms with Gasteiger partial charge in [-0.3, -0.25) is 0 Å². The molecule has 0 fully saturated rings. The average molecular weight is 431 g/mol. The first-order valence-corrected chi connectivity index (χ1v) is 9.51. The van der Waals surface area contributed by atoms with Crippen LogP contribution in [0.5, 0.6) is 0 Å². The maximum absolute atomic E-state index is 14.6. The van der Waals surface area contributed by atoms with Gasteiger partial charge in [-0.2, -0.15) is 13.5 Å². The summed E-state index contributed by atoms with van der Waals surface area (Å²) in [5.41, 5.74) is 1.62. The molecule has 1 N–H and O–H groups in total. The molecule has 0 spiro atoms. The molecule has 30 heavy (non-hydrogen) atoms. The van der Waals surface area contributed by atoms with Gasteiger partial charge < -0.3 is 14.9 Å². The van der Waals surface area contributed by atoms with Gasteiger partial charge in [-0.15, -0.1) is 0 Å². The van der Waals surface area contributed by atoms with Crippen LogP contribution in [0.1, 0.15) is 22.8 Å². The van der Waals surface area contributed by atoms with Crippen LogP contribution >= 0.6 is 11.6 Å². The highest BCUT2D eigenvalue weighted by Gasteiger charge is 2.39. The zero-order valence-corrected chi connectivity index (χ0v) is 16.7. The van der Waals surface area contributed by atoms with Crippen molar-refractivity contribution in [2.75, 3.05) is 11.9 Å². The van der Waals surface area contributed by atoms with Crippen LogP contribution < -0.4 is 10.0 Å². The summed E-state index contributed by atoms with van der Waals surface area (Å²) in [6.45, 7) is 0.909. The number of benzene rings is 1. The smallest absolute Gasteiger partial charge is 0.347 e. The quantitative estimate of drug-likeness (QED) is 0.357. The number of hydrogen-bond acceptors (Lipinski definition) is 5. The van der Waals surface area contributed by atoms with Crippen LogP contribution in [0.3, 0.4) is 0 Å². The van der Waals surface area contributed by atoms with Crippen LogP contribution in [0.4, 0.5) is 14.6 Å². The number of nitrogens with zero attached hydrogens (tertiary/aromatic N) is 3. The van der Waals surface area contributed by atoms with E-state index in [2.05, 4.69) is 15.3 Å². The molecule has 0 aliphatic rings.